The van der Waals surface area contributed by atoms with E-state index < -0.39 is 0 Å². The molecule has 14 heavy (non-hydrogen) atoms. The molecule has 0 aromatic rings. The van der Waals surface area contributed by atoms with Gasteiger partial charge in [0, 0.05) is 12.1 Å². The third kappa shape index (κ3) is 11.9. The fourth-order valence-corrected chi connectivity index (χ4v) is 1.16. The van der Waals surface area contributed by atoms with E-state index in [9.17, 15) is 0 Å². The van der Waals surface area contributed by atoms with Crippen LogP contribution in [0.4, 0.5) is 0 Å². The standard InChI is InChI=1S/C11H26N2O/c1-11(2,3)13-9-6-8-12-7-4-5-10-14/h12-14H,4-10H2,1-3H3. The van der Waals surface area contributed by atoms with Crippen molar-refractivity contribution in [1.82, 2.24) is 10.6 Å². The maximum absolute atomic E-state index is 8.56. The van der Waals surface area contributed by atoms with Crippen LogP contribution < -0.4 is 10.6 Å². The van der Waals surface area contributed by atoms with E-state index >= 15 is 0 Å². The van der Waals surface area contributed by atoms with Gasteiger partial charge in [-0.1, -0.05) is 0 Å². The maximum atomic E-state index is 8.56. The zero-order valence-electron chi connectivity index (χ0n) is 9.90. The molecular weight excluding hydrogens is 176 g/mol. The third-order valence-electron chi connectivity index (χ3n) is 1.95. The summed E-state index contributed by atoms with van der Waals surface area (Å²) in [6, 6.07) is 0. The molecule has 0 aromatic carbocycles. The highest BCUT2D eigenvalue weighted by Gasteiger charge is 2.06. The second kappa shape index (κ2) is 8.21. The van der Waals surface area contributed by atoms with Gasteiger partial charge in [0.2, 0.25) is 0 Å². The lowest BCUT2D eigenvalue weighted by Gasteiger charge is -2.20. The fraction of sp³-hybridized carbons (Fsp3) is 1.00. The van der Waals surface area contributed by atoms with Crippen LogP contribution in [-0.2, 0) is 0 Å². The van der Waals surface area contributed by atoms with Gasteiger partial charge in [0.25, 0.3) is 0 Å². The van der Waals surface area contributed by atoms with Crippen LogP contribution in [0.5, 0.6) is 0 Å². The van der Waals surface area contributed by atoms with Gasteiger partial charge in [-0.3, -0.25) is 0 Å². The lowest BCUT2D eigenvalue weighted by Crippen LogP contribution is -2.37. The summed E-state index contributed by atoms with van der Waals surface area (Å²) < 4.78 is 0. The quantitative estimate of drug-likeness (QED) is 0.517. The summed E-state index contributed by atoms with van der Waals surface area (Å²) >= 11 is 0. The molecule has 0 radical (unpaired) electrons. The van der Waals surface area contributed by atoms with E-state index in [-0.39, 0.29) is 5.54 Å². The highest BCUT2D eigenvalue weighted by Crippen LogP contribution is 1.97. The van der Waals surface area contributed by atoms with E-state index in [1.807, 2.05) is 0 Å². The Kier molecular flexibility index (Phi) is 8.14. The van der Waals surface area contributed by atoms with Crippen molar-refractivity contribution in [2.45, 2.75) is 45.6 Å². The molecule has 3 nitrogen and oxygen atoms in total. The van der Waals surface area contributed by atoms with Crippen LogP contribution in [0, 0.1) is 0 Å². The lowest BCUT2D eigenvalue weighted by molar-refractivity contribution is 0.283. The van der Waals surface area contributed by atoms with Crippen LogP contribution in [0.2, 0.25) is 0 Å². The van der Waals surface area contributed by atoms with Crippen LogP contribution in [0.3, 0.4) is 0 Å². The third-order valence-corrected chi connectivity index (χ3v) is 1.95. The van der Waals surface area contributed by atoms with Crippen LogP contribution in [-0.4, -0.2) is 36.9 Å². The first kappa shape index (κ1) is 13.9. The number of unbranched alkanes of at least 4 members (excludes halogenated alkanes) is 1. The van der Waals surface area contributed by atoms with Crippen molar-refractivity contribution in [2.24, 2.45) is 0 Å². The molecule has 0 heterocycles. The predicted octanol–water partition coefficient (Wildman–Crippen LogP) is 1.13. The highest BCUT2D eigenvalue weighted by atomic mass is 16.2. The Morgan fingerprint density at radius 2 is 1.57 bits per heavy atom. The van der Waals surface area contributed by atoms with Crippen LogP contribution in [0.1, 0.15) is 40.0 Å². The van der Waals surface area contributed by atoms with Crippen molar-refractivity contribution in [3.63, 3.8) is 0 Å². The van der Waals surface area contributed by atoms with Gasteiger partial charge >= 0.3 is 0 Å². The van der Waals surface area contributed by atoms with Crippen LogP contribution in [0.15, 0.2) is 0 Å². The number of aliphatic hydroxyl groups is 1. The van der Waals surface area contributed by atoms with Crippen LogP contribution >= 0.6 is 0 Å². The van der Waals surface area contributed by atoms with Crippen molar-refractivity contribution < 1.29 is 5.11 Å². The maximum Gasteiger partial charge on any atom is 0.0431 e. The highest BCUT2D eigenvalue weighted by molar-refractivity contribution is 4.69. The molecule has 0 aliphatic heterocycles. The van der Waals surface area contributed by atoms with Gasteiger partial charge in [0.1, 0.15) is 0 Å². The van der Waals surface area contributed by atoms with Crippen molar-refractivity contribution in [2.75, 3.05) is 26.2 Å². The molecule has 0 amide bonds. The number of hydrogen-bond acceptors (Lipinski definition) is 3. The Morgan fingerprint density at radius 1 is 0.929 bits per heavy atom. The molecule has 0 atom stereocenters. The largest absolute Gasteiger partial charge is 0.396 e. The Hall–Kier alpha value is -0.120. The Morgan fingerprint density at radius 3 is 2.14 bits per heavy atom. The van der Waals surface area contributed by atoms with E-state index in [2.05, 4.69) is 31.4 Å². The minimum Gasteiger partial charge on any atom is -0.396 e. The average Bonchev–Trinajstić information content (AvgIpc) is 2.08. The summed E-state index contributed by atoms with van der Waals surface area (Å²) in [5.41, 5.74) is 0.233. The van der Waals surface area contributed by atoms with Crippen molar-refractivity contribution >= 4 is 0 Å². The number of rotatable bonds is 8. The summed E-state index contributed by atoms with van der Waals surface area (Å²) in [7, 11) is 0. The molecule has 0 aliphatic carbocycles. The number of hydrogen-bond donors (Lipinski definition) is 3. The SMILES string of the molecule is CC(C)(C)NCCCNCCCCO. The van der Waals surface area contributed by atoms with Crippen molar-refractivity contribution in [3.8, 4) is 0 Å². The normalized spacial score (nSPS) is 12.0. The molecule has 3 heteroatoms. The number of aliphatic hydroxyl groups excluding tert-OH is 1. The molecule has 0 aromatic heterocycles. The Balaban J connectivity index is 2.99. The Labute approximate surface area is 88.3 Å². The molecule has 0 saturated heterocycles. The first-order chi connectivity index (χ1) is 6.56. The molecule has 0 spiro atoms. The summed E-state index contributed by atoms with van der Waals surface area (Å²) in [5, 5.41) is 15.4. The lowest BCUT2D eigenvalue weighted by atomic mass is 10.1. The minimum atomic E-state index is 0.233. The molecule has 0 aliphatic rings. The molecule has 0 fully saturated rings. The molecule has 0 rings (SSSR count). The zero-order chi connectivity index (χ0) is 10.9. The fourth-order valence-electron chi connectivity index (χ4n) is 1.16. The van der Waals surface area contributed by atoms with Gasteiger partial charge < -0.3 is 15.7 Å². The van der Waals surface area contributed by atoms with Crippen molar-refractivity contribution in [1.29, 1.82) is 0 Å². The first-order valence-electron chi connectivity index (χ1n) is 5.63. The van der Waals surface area contributed by atoms with Crippen molar-refractivity contribution in [3.05, 3.63) is 0 Å². The molecule has 86 valence electrons. The van der Waals surface area contributed by atoms with E-state index in [1.165, 1.54) is 0 Å². The number of nitrogens with one attached hydrogen (secondary N) is 2. The topological polar surface area (TPSA) is 44.3 Å². The van der Waals surface area contributed by atoms with Gasteiger partial charge in [-0.25, -0.2) is 0 Å². The average molecular weight is 202 g/mol. The molecule has 0 unspecified atom stereocenters. The summed E-state index contributed by atoms with van der Waals surface area (Å²) in [5.74, 6) is 0. The summed E-state index contributed by atoms with van der Waals surface area (Å²) in [4.78, 5) is 0. The molecule has 3 N–H and O–H groups in total. The van der Waals surface area contributed by atoms with E-state index in [0.29, 0.717) is 6.61 Å². The van der Waals surface area contributed by atoms with Gasteiger partial charge in [0.05, 0.1) is 0 Å². The van der Waals surface area contributed by atoms with Crippen LogP contribution in [0.25, 0.3) is 0 Å². The van der Waals surface area contributed by atoms with E-state index in [4.69, 9.17) is 5.11 Å². The molecule has 0 bridgehead atoms. The molecular formula is C11H26N2O. The predicted molar refractivity (Wildman–Crippen MR) is 61.6 cm³/mol. The zero-order valence-corrected chi connectivity index (χ0v) is 9.90. The second-order valence-corrected chi connectivity index (χ2v) is 4.71. The first-order valence-corrected chi connectivity index (χ1v) is 5.63. The smallest absolute Gasteiger partial charge is 0.0431 e. The summed E-state index contributed by atoms with van der Waals surface area (Å²) in [6.45, 7) is 10.0. The monoisotopic (exact) mass is 202 g/mol. The van der Waals surface area contributed by atoms with E-state index in [1.54, 1.807) is 0 Å². The Bertz CT molecular complexity index is 121. The second-order valence-electron chi connectivity index (χ2n) is 4.71. The van der Waals surface area contributed by atoms with Gasteiger partial charge in [-0.2, -0.15) is 0 Å². The van der Waals surface area contributed by atoms with E-state index in [0.717, 1.165) is 38.9 Å². The van der Waals surface area contributed by atoms with Gasteiger partial charge in [-0.05, 0) is 59.7 Å². The minimum absolute atomic E-state index is 0.233. The van der Waals surface area contributed by atoms with Gasteiger partial charge in [-0.15, -0.1) is 0 Å². The molecule has 0 saturated carbocycles. The van der Waals surface area contributed by atoms with Gasteiger partial charge in [0.15, 0.2) is 0 Å². The summed E-state index contributed by atoms with van der Waals surface area (Å²) in [6.07, 6.45) is 3.15.